The maximum Gasteiger partial charge on any atom is 0.127 e. The molecule has 2 aromatic rings. The second kappa shape index (κ2) is 5.12. The summed E-state index contributed by atoms with van der Waals surface area (Å²) in [4.78, 5) is 0. The summed E-state index contributed by atoms with van der Waals surface area (Å²) in [6.07, 6.45) is 1.01. The quantitative estimate of drug-likeness (QED) is 0.547. The molecular formula is C22H28O. The van der Waals surface area contributed by atoms with Gasteiger partial charge in [-0.2, -0.15) is 0 Å². The van der Waals surface area contributed by atoms with Gasteiger partial charge in [-0.15, -0.1) is 0 Å². The van der Waals surface area contributed by atoms with Crippen LogP contribution < -0.4 is 4.74 Å². The second-order valence-corrected chi connectivity index (χ2v) is 8.76. The van der Waals surface area contributed by atoms with Crippen LogP contribution in [0.15, 0.2) is 30.3 Å². The molecule has 122 valence electrons. The molecule has 0 aliphatic heterocycles. The Kier molecular flexibility index (Phi) is 3.59. The Bertz CT molecular complexity index is 755. The van der Waals surface area contributed by atoms with E-state index in [0.29, 0.717) is 0 Å². The van der Waals surface area contributed by atoms with Gasteiger partial charge in [0.05, 0.1) is 7.11 Å². The number of ether oxygens (including phenoxy) is 1. The standard InChI is InChI=1S/C22H28O/c1-21(2,3)16-8-9-18-14(11-16)10-15-12-17(22(4,5)6)13-19(23-7)20(15)18/h8-9,11-13H,10H2,1-7H3. The first-order chi connectivity index (χ1) is 10.6. The zero-order chi connectivity index (χ0) is 17.0. The second-order valence-electron chi connectivity index (χ2n) is 8.76. The van der Waals surface area contributed by atoms with E-state index in [4.69, 9.17) is 4.74 Å². The molecule has 0 atom stereocenters. The highest BCUT2D eigenvalue weighted by Crippen LogP contribution is 2.45. The van der Waals surface area contributed by atoms with Crippen LogP contribution in [0.2, 0.25) is 0 Å². The van der Waals surface area contributed by atoms with Crippen molar-refractivity contribution in [2.75, 3.05) is 7.11 Å². The third-order valence-corrected chi connectivity index (χ3v) is 4.89. The zero-order valence-corrected chi connectivity index (χ0v) is 15.5. The van der Waals surface area contributed by atoms with E-state index in [1.807, 2.05) is 0 Å². The summed E-state index contributed by atoms with van der Waals surface area (Å²) in [5.41, 5.74) is 8.52. The molecule has 0 heterocycles. The molecule has 1 heteroatoms. The van der Waals surface area contributed by atoms with Crippen molar-refractivity contribution >= 4 is 0 Å². The Labute approximate surface area is 140 Å². The van der Waals surface area contributed by atoms with Crippen molar-refractivity contribution in [3.63, 3.8) is 0 Å². The predicted octanol–water partition coefficient (Wildman–Crippen LogP) is 5.86. The van der Waals surface area contributed by atoms with Gasteiger partial charge in [0, 0.05) is 5.56 Å². The normalized spacial score (nSPS) is 13.7. The van der Waals surface area contributed by atoms with Gasteiger partial charge in [-0.1, -0.05) is 65.8 Å². The van der Waals surface area contributed by atoms with Crippen LogP contribution >= 0.6 is 0 Å². The molecular weight excluding hydrogens is 280 g/mol. The molecule has 23 heavy (non-hydrogen) atoms. The van der Waals surface area contributed by atoms with Crippen molar-refractivity contribution in [2.45, 2.75) is 58.8 Å². The maximum atomic E-state index is 5.75. The third kappa shape index (κ3) is 2.78. The van der Waals surface area contributed by atoms with E-state index in [2.05, 4.69) is 71.9 Å². The molecule has 0 fully saturated rings. The molecule has 0 N–H and O–H groups in total. The van der Waals surface area contributed by atoms with Crippen LogP contribution in [0.3, 0.4) is 0 Å². The Morgan fingerprint density at radius 1 is 0.783 bits per heavy atom. The minimum Gasteiger partial charge on any atom is -0.496 e. The average molecular weight is 308 g/mol. The molecule has 1 aliphatic carbocycles. The third-order valence-electron chi connectivity index (χ3n) is 4.89. The van der Waals surface area contributed by atoms with Gasteiger partial charge < -0.3 is 4.74 Å². The highest BCUT2D eigenvalue weighted by atomic mass is 16.5. The average Bonchev–Trinajstić information content (AvgIpc) is 2.81. The van der Waals surface area contributed by atoms with Crippen molar-refractivity contribution in [3.8, 4) is 16.9 Å². The summed E-state index contributed by atoms with van der Waals surface area (Å²) < 4.78 is 5.75. The van der Waals surface area contributed by atoms with Gasteiger partial charge in [0.25, 0.3) is 0 Å². The lowest BCUT2D eigenvalue weighted by atomic mass is 9.84. The molecule has 0 radical (unpaired) electrons. The number of rotatable bonds is 1. The first-order valence-corrected chi connectivity index (χ1v) is 8.46. The van der Waals surface area contributed by atoms with E-state index in [1.54, 1.807) is 7.11 Å². The van der Waals surface area contributed by atoms with Gasteiger partial charge in [-0.05, 0) is 51.1 Å². The molecule has 0 unspecified atom stereocenters. The summed E-state index contributed by atoms with van der Waals surface area (Å²) in [5, 5.41) is 0. The van der Waals surface area contributed by atoms with Crippen LogP contribution in [-0.2, 0) is 17.3 Å². The Morgan fingerprint density at radius 2 is 1.39 bits per heavy atom. The SMILES string of the molecule is COc1cc(C(C)(C)C)cc2c1-c1ccc(C(C)(C)C)cc1C2. The van der Waals surface area contributed by atoms with Crippen LogP contribution in [0, 0.1) is 0 Å². The number of fused-ring (bicyclic) bond motifs is 3. The smallest absolute Gasteiger partial charge is 0.127 e. The van der Waals surface area contributed by atoms with Gasteiger partial charge in [-0.25, -0.2) is 0 Å². The van der Waals surface area contributed by atoms with Crippen molar-refractivity contribution < 1.29 is 4.74 Å². The maximum absolute atomic E-state index is 5.75. The Balaban J connectivity index is 2.16. The van der Waals surface area contributed by atoms with E-state index in [1.165, 1.54) is 33.4 Å². The molecule has 0 amide bonds. The van der Waals surface area contributed by atoms with Crippen LogP contribution in [-0.4, -0.2) is 7.11 Å². The fraction of sp³-hybridized carbons (Fsp3) is 0.455. The van der Waals surface area contributed by atoms with E-state index in [-0.39, 0.29) is 10.8 Å². The van der Waals surface area contributed by atoms with Crippen LogP contribution in [0.5, 0.6) is 5.75 Å². The molecule has 1 aliphatic rings. The van der Waals surface area contributed by atoms with Crippen LogP contribution in [0.1, 0.15) is 63.8 Å². The van der Waals surface area contributed by atoms with Gasteiger partial charge in [0.1, 0.15) is 5.75 Å². The summed E-state index contributed by atoms with van der Waals surface area (Å²) in [7, 11) is 1.78. The van der Waals surface area contributed by atoms with Crippen molar-refractivity contribution in [2.24, 2.45) is 0 Å². The summed E-state index contributed by atoms with van der Waals surface area (Å²) in [6.45, 7) is 13.6. The van der Waals surface area contributed by atoms with Crippen LogP contribution in [0.4, 0.5) is 0 Å². The largest absolute Gasteiger partial charge is 0.496 e. The van der Waals surface area contributed by atoms with Gasteiger partial charge in [-0.3, -0.25) is 0 Å². The molecule has 0 saturated heterocycles. The zero-order valence-electron chi connectivity index (χ0n) is 15.5. The monoisotopic (exact) mass is 308 g/mol. The molecule has 2 aromatic carbocycles. The molecule has 0 saturated carbocycles. The first-order valence-electron chi connectivity index (χ1n) is 8.46. The summed E-state index contributed by atoms with van der Waals surface area (Å²) >= 11 is 0. The minimum atomic E-state index is 0.133. The Morgan fingerprint density at radius 3 is 1.96 bits per heavy atom. The highest BCUT2D eigenvalue weighted by Gasteiger charge is 2.27. The highest BCUT2D eigenvalue weighted by molar-refractivity contribution is 5.82. The van der Waals surface area contributed by atoms with Gasteiger partial charge in [0.15, 0.2) is 0 Å². The van der Waals surface area contributed by atoms with Crippen molar-refractivity contribution in [3.05, 3.63) is 52.6 Å². The number of benzene rings is 2. The summed E-state index contributed by atoms with van der Waals surface area (Å²) in [6, 6.07) is 11.5. The molecule has 0 spiro atoms. The first kappa shape index (κ1) is 16.1. The number of hydrogen-bond acceptors (Lipinski definition) is 1. The summed E-state index contributed by atoms with van der Waals surface area (Å²) in [5.74, 6) is 1.01. The van der Waals surface area contributed by atoms with Gasteiger partial charge in [0.2, 0.25) is 0 Å². The van der Waals surface area contributed by atoms with Crippen molar-refractivity contribution in [1.82, 2.24) is 0 Å². The lowest BCUT2D eigenvalue weighted by molar-refractivity contribution is 0.414. The number of methoxy groups -OCH3 is 1. The molecule has 0 aromatic heterocycles. The topological polar surface area (TPSA) is 9.23 Å². The van der Waals surface area contributed by atoms with Crippen LogP contribution in [0.25, 0.3) is 11.1 Å². The van der Waals surface area contributed by atoms with E-state index in [0.717, 1.165) is 12.2 Å². The lowest BCUT2D eigenvalue weighted by Gasteiger charge is -2.22. The fourth-order valence-electron chi connectivity index (χ4n) is 3.37. The molecule has 3 rings (SSSR count). The fourth-order valence-corrected chi connectivity index (χ4v) is 3.37. The Hall–Kier alpha value is -1.76. The molecule has 1 nitrogen and oxygen atoms in total. The molecule has 0 bridgehead atoms. The number of hydrogen-bond donors (Lipinski definition) is 0. The minimum absolute atomic E-state index is 0.133. The lowest BCUT2D eigenvalue weighted by Crippen LogP contribution is -2.11. The van der Waals surface area contributed by atoms with E-state index in [9.17, 15) is 0 Å². The van der Waals surface area contributed by atoms with Crippen molar-refractivity contribution in [1.29, 1.82) is 0 Å². The van der Waals surface area contributed by atoms with E-state index < -0.39 is 0 Å². The van der Waals surface area contributed by atoms with E-state index >= 15 is 0 Å². The van der Waals surface area contributed by atoms with Gasteiger partial charge >= 0.3 is 0 Å². The predicted molar refractivity (Wildman–Crippen MR) is 98.6 cm³/mol.